The maximum atomic E-state index is 2.72. The minimum atomic E-state index is -0.290. The highest BCUT2D eigenvalue weighted by molar-refractivity contribution is 5.49. The predicted octanol–water partition coefficient (Wildman–Crippen LogP) is 7.17. The number of piperidine rings is 1. The molecule has 0 aromatic heterocycles. The second kappa shape index (κ2) is 9.14. The normalized spacial score (nSPS) is 15.5. The van der Waals surface area contributed by atoms with E-state index in [1.165, 1.54) is 40.7 Å². The van der Waals surface area contributed by atoms with Crippen LogP contribution in [0.15, 0.2) is 115 Å². The summed E-state index contributed by atoms with van der Waals surface area (Å²) in [6.07, 6.45) is 2.36. The summed E-state index contributed by atoms with van der Waals surface area (Å²) >= 11 is 0. The van der Waals surface area contributed by atoms with Gasteiger partial charge < -0.3 is 0 Å². The van der Waals surface area contributed by atoms with Gasteiger partial charge in [0, 0.05) is 13.1 Å². The smallest absolute Gasteiger partial charge is 0.0972 e. The standard InChI is InChI=1S/C31H31N/c1-25-12-11-13-27(24-25)26-20-22-32(23-21-26)31(28-14-5-2-6-15-28,29-16-7-3-8-17-29)30-18-9-4-10-19-30/h2-19,24,26H,20-23H2,1H3. The van der Waals surface area contributed by atoms with E-state index in [1.807, 2.05) is 0 Å². The van der Waals surface area contributed by atoms with Gasteiger partial charge >= 0.3 is 0 Å². The van der Waals surface area contributed by atoms with Crippen molar-refractivity contribution in [1.82, 2.24) is 4.90 Å². The molecule has 0 N–H and O–H groups in total. The molecule has 4 aromatic rings. The molecule has 1 heterocycles. The van der Waals surface area contributed by atoms with Crippen molar-refractivity contribution in [2.45, 2.75) is 31.2 Å². The van der Waals surface area contributed by atoms with Crippen molar-refractivity contribution in [2.75, 3.05) is 13.1 Å². The Labute approximate surface area is 192 Å². The molecule has 1 heteroatoms. The molecule has 160 valence electrons. The average Bonchev–Trinajstić information content (AvgIpc) is 2.87. The first kappa shape index (κ1) is 20.7. The van der Waals surface area contributed by atoms with Crippen molar-refractivity contribution in [3.63, 3.8) is 0 Å². The van der Waals surface area contributed by atoms with Gasteiger partial charge in [0.15, 0.2) is 0 Å². The summed E-state index contributed by atoms with van der Waals surface area (Å²) in [4.78, 5) is 2.72. The van der Waals surface area contributed by atoms with E-state index in [-0.39, 0.29) is 5.54 Å². The van der Waals surface area contributed by atoms with Crippen molar-refractivity contribution >= 4 is 0 Å². The van der Waals surface area contributed by atoms with Gasteiger partial charge in [-0.25, -0.2) is 0 Å². The lowest BCUT2D eigenvalue weighted by atomic mass is 9.74. The fraction of sp³-hybridized carbons (Fsp3) is 0.226. The second-order valence-corrected chi connectivity index (χ2v) is 8.98. The molecule has 1 fully saturated rings. The van der Waals surface area contributed by atoms with Crippen molar-refractivity contribution in [3.8, 4) is 0 Å². The van der Waals surface area contributed by atoms with E-state index in [2.05, 4.69) is 127 Å². The van der Waals surface area contributed by atoms with Crippen LogP contribution in [0.2, 0.25) is 0 Å². The van der Waals surface area contributed by atoms with Crippen LogP contribution in [0, 0.1) is 6.92 Å². The monoisotopic (exact) mass is 417 g/mol. The molecule has 1 saturated heterocycles. The Morgan fingerprint density at radius 2 is 1.06 bits per heavy atom. The summed E-state index contributed by atoms with van der Waals surface area (Å²) in [7, 11) is 0. The number of benzene rings is 4. The third-order valence-electron chi connectivity index (χ3n) is 7.06. The molecule has 5 rings (SSSR count). The second-order valence-electron chi connectivity index (χ2n) is 8.98. The van der Waals surface area contributed by atoms with E-state index in [0.29, 0.717) is 5.92 Å². The Bertz CT molecular complexity index is 1030. The van der Waals surface area contributed by atoms with E-state index in [4.69, 9.17) is 0 Å². The Morgan fingerprint density at radius 3 is 1.50 bits per heavy atom. The molecular formula is C31H31N. The summed E-state index contributed by atoms with van der Waals surface area (Å²) in [5, 5.41) is 0. The van der Waals surface area contributed by atoms with E-state index in [1.54, 1.807) is 0 Å². The molecule has 1 nitrogen and oxygen atoms in total. The number of hydrogen-bond acceptors (Lipinski definition) is 1. The van der Waals surface area contributed by atoms with E-state index in [0.717, 1.165) is 13.1 Å². The van der Waals surface area contributed by atoms with E-state index < -0.39 is 0 Å². The van der Waals surface area contributed by atoms with Crippen LogP contribution in [0.3, 0.4) is 0 Å². The molecule has 0 unspecified atom stereocenters. The van der Waals surface area contributed by atoms with Crippen LogP contribution in [0.1, 0.15) is 46.6 Å². The minimum Gasteiger partial charge on any atom is -0.286 e. The van der Waals surface area contributed by atoms with Crippen LogP contribution in [-0.2, 0) is 5.54 Å². The molecule has 0 saturated carbocycles. The molecule has 32 heavy (non-hydrogen) atoms. The summed E-state index contributed by atoms with van der Waals surface area (Å²) < 4.78 is 0. The molecule has 4 aromatic carbocycles. The number of likely N-dealkylation sites (tertiary alicyclic amines) is 1. The lowest BCUT2D eigenvalue weighted by Crippen LogP contribution is -2.51. The van der Waals surface area contributed by atoms with Gasteiger partial charge in [0.2, 0.25) is 0 Å². The molecule has 0 bridgehead atoms. The molecule has 0 spiro atoms. The van der Waals surface area contributed by atoms with Crippen molar-refractivity contribution in [2.24, 2.45) is 0 Å². The Hall–Kier alpha value is -3.16. The van der Waals surface area contributed by atoms with Crippen LogP contribution in [0.4, 0.5) is 0 Å². The quantitative estimate of drug-likeness (QED) is 0.311. The topological polar surface area (TPSA) is 3.24 Å². The van der Waals surface area contributed by atoms with Crippen molar-refractivity contribution in [1.29, 1.82) is 0 Å². The zero-order valence-corrected chi connectivity index (χ0v) is 18.8. The Kier molecular flexibility index (Phi) is 5.92. The zero-order chi connectivity index (χ0) is 21.8. The van der Waals surface area contributed by atoms with Crippen LogP contribution in [-0.4, -0.2) is 18.0 Å². The molecule has 0 atom stereocenters. The minimum absolute atomic E-state index is 0.290. The van der Waals surface area contributed by atoms with Gasteiger partial charge in [-0.05, 0) is 47.9 Å². The molecule has 1 aliphatic heterocycles. The lowest BCUT2D eigenvalue weighted by Gasteiger charge is -2.48. The van der Waals surface area contributed by atoms with Gasteiger partial charge in [-0.15, -0.1) is 0 Å². The average molecular weight is 418 g/mol. The summed E-state index contributed by atoms with van der Waals surface area (Å²) in [6.45, 7) is 4.33. The predicted molar refractivity (Wildman–Crippen MR) is 134 cm³/mol. The fourth-order valence-corrected chi connectivity index (χ4v) is 5.56. The van der Waals surface area contributed by atoms with E-state index >= 15 is 0 Å². The molecule has 1 aliphatic rings. The van der Waals surface area contributed by atoms with E-state index in [9.17, 15) is 0 Å². The number of aryl methyl sites for hydroxylation is 1. The molecule has 0 aliphatic carbocycles. The molecular weight excluding hydrogens is 386 g/mol. The summed E-state index contributed by atoms with van der Waals surface area (Å²) in [6, 6.07) is 42.3. The van der Waals surface area contributed by atoms with Crippen molar-refractivity contribution < 1.29 is 0 Å². The third kappa shape index (κ3) is 3.78. The third-order valence-corrected chi connectivity index (χ3v) is 7.06. The highest BCUT2D eigenvalue weighted by atomic mass is 15.2. The number of rotatable bonds is 5. The van der Waals surface area contributed by atoms with Gasteiger partial charge in [-0.2, -0.15) is 0 Å². The van der Waals surface area contributed by atoms with Crippen LogP contribution < -0.4 is 0 Å². The van der Waals surface area contributed by atoms with Crippen LogP contribution >= 0.6 is 0 Å². The van der Waals surface area contributed by atoms with Gasteiger partial charge in [0.1, 0.15) is 0 Å². The summed E-state index contributed by atoms with van der Waals surface area (Å²) in [5.41, 5.74) is 6.58. The lowest BCUT2D eigenvalue weighted by molar-refractivity contribution is 0.118. The first-order valence-corrected chi connectivity index (χ1v) is 11.8. The van der Waals surface area contributed by atoms with Gasteiger partial charge in [-0.1, -0.05) is 121 Å². The number of hydrogen-bond donors (Lipinski definition) is 0. The van der Waals surface area contributed by atoms with Gasteiger partial charge in [0.05, 0.1) is 5.54 Å². The van der Waals surface area contributed by atoms with Gasteiger partial charge in [0.25, 0.3) is 0 Å². The Morgan fingerprint density at radius 1 is 0.594 bits per heavy atom. The zero-order valence-electron chi connectivity index (χ0n) is 18.8. The highest BCUT2D eigenvalue weighted by Crippen LogP contribution is 2.45. The maximum Gasteiger partial charge on any atom is 0.0972 e. The SMILES string of the molecule is Cc1cccc(C2CCN(C(c3ccccc3)(c3ccccc3)c3ccccc3)CC2)c1. The maximum absolute atomic E-state index is 2.72. The van der Waals surface area contributed by atoms with Gasteiger partial charge in [-0.3, -0.25) is 4.90 Å². The first-order valence-electron chi connectivity index (χ1n) is 11.8. The molecule has 0 radical (unpaired) electrons. The largest absolute Gasteiger partial charge is 0.286 e. The summed E-state index contributed by atoms with van der Waals surface area (Å²) in [5.74, 6) is 0.631. The molecule has 0 amide bonds. The number of nitrogens with zero attached hydrogens (tertiary/aromatic N) is 1. The van der Waals surface area contributed by atoms with Crippen LogP contribution in [0.25, 0.3) is 0 Å². The van der Waals surface area contributed by atoms with Crippen LogP contribution in [0.5, 0.6) is 0 Å². The first-order chi connectivity index (χ1) is 15.8. The highest BCUT2D eigenvalue weighted by Gasteiger charge is 2.43. The Balaban J connectivity index is 1.59. The van der Waals surface area contributed by atoms with Crippen molar-refractivity contribution in [3.05, 3.63) is 143 Å². The fourth-order valence-electron chi connectivity index (χ4n) is 5.56.